The van der Waals surface area contributed by atoms with Crippen LogP contribution in [0.3, 0.4) is 0 Å². The van der Waals surface area contributed by atoms with Gasteiger partial charge in [-0.3, -0.25) is 9.59 Å². The lowest BCUT2D eigenvalue weighted by Gasteiger charge is -2.07. The van der Waals surface area contributed by atoms with Gasteiger partial charge >= 0.3 is 0 Å². The predicted octanol–water partition coefficient (Wildman–Crippen LogP) is 4.35. The van der Waals surface area contributed by atoms with E-state index in [2.05, 4.69) is 5.32 Å². The summed E-state index contributed by atoms with van der Waals surface area (Å²) in [6.07, 6.45) is 0. The molecule has 2 aromatic carbocycles. The van der Waals surface area contributed by atoms with E-state index < -0.39 is 5.91 Å². The van der Waals surface area contributed by atoms with Crippen molar-refractivity contribution in [2.24, 2.45) is 0 Å². The fourth-order valence-electron chi connectivity index (χ4n) is 1.99. The van der Waals surface area contributed by atoms with Gasteiger partial charge in [0, 0.05) is 11.1 Å². The number of fused-ring (bicyclic) bond motifs is 1. The molecular weight excluding hydrogens is 325 g/mol. The maximum absolute atomic E-state index is 12.2. The Balaban J connectivity index is 1.99. The topological polar surface area (TPSA) is 59.3 Å². The largest absolute Gasteiger partial charge is 0.451 e. The molecule has 0 aliphatic heterocycles. The Morgan fingerprint density at radius 1 is 1.05 bits per heavy atom. The van der Waals surface area contributed by atoms with Crippen molar-refractivity contribution in [3.05, 3.63) is 74.6 Å². The molecule has 0 aliphatic rings. The standard InChI is InChI=1S/C16H9Cl2NO3/c17-9-5-6-11(18)12(7-9)19-16(21)15-8-13(20)10-3-1-2-4-14(10)22-15/h1-8H,(H,19,21). The quantitative estimate of drug-likeness (QED) is 0.758. The third kappa shape index (κ3) is 2.84. The molecule has 1 N–H and O–H groups in total. The maximum atomic E-state index is 12.2. The first kappa shape index (κ1) is 14.6. The summed E-state index contributed by atoms with van der Waals surface area (Å²) in [5, 5.41) is 3.75. The van der Waals surface area contributed by atoms with Gasteiger partial charge in [0.15, 0.2) is 11.2 Å². The Morgan fingerprint density at radius 2 is 1.82 bits per heavy atom. The predicted molar refractivity (Wildman–Crippen MR) is 86.9 cm³/mol. The van der Waals surface area contributed by atoms with Gasteiger partial charge in [-0.25, -0.2) is 0 Å². The second kappa shape index (κ2) is 5.83. The molecule has 0 spiro atoms. The summed E-state index contributed by atoms with van der Waals surface area (Å²) in [5.74, 6) is -0.674. The lowest BCUT2D eigenvalue weighted by Crippen LogP contribution is -2.15. The zero-order valence-corrected chi connectivity index (χ0v) is 12.6. The normalized spacial score (nSPS) is 10.6. The van der Waals surface area contributed by atoms with Crippen LogP contribution in [0, 0.1) is 0 Å². The maximum Gasteiger partial charge on any atom is 0.291 e. The average Bonchev–Trinajstić information content (AvgIpc) is 2.51. The molecule has 0 aliphatic carbocycles. The number of hydrogen-bond acceptors (Lipinski definition) is 3. The molecule has 0 bridgehead atoms. The van der Waals surface area contributed by atoms with Gasteiger partial charge in [-0.1, -0.05) is 35.3 Å². The summed E-state index contributed by atoms with van der Waals surface area (Å²) in [6.45, 7) is 0. The number of nitrogens with one attached hydrogen (secondary N) is 1. The Hall–Kier alpha value is -2.30. The molecule has 0 atom stereocenters. The van der Waals surface area contributed by atoms with Crippen LogP contribution in [-0.2, 0) is 0 Å². The highest BCUT2D eigenvalue weighted by Gasteiger charge is 2.14. The minimum atomic E-state index is -0.577. The third-order valence-electron chi connectivity index (χ3n) is 3.04. The van der Waals surface area contributed by atoms with Crippen LogP contribution in [-0.4, -0.2) is 5.91 Å². The van der Waals surface area contributed by atoms with Crippen molar-refractivity contribution in [1.29, 1.82) is 0 Å². The van der Waals surface area contributed by atoms with Crippen molar-refractivity contribution in [3.8, 4) is 0 Å². The van der Waals surface area contributed by atoms with E-state index in [4.69, 9.17) is 27.6 Å². The van der Waals surface area contributed by atoms with Crippen molar-refractivity contribution in [1.82, 2.24) is 0 Å². The van der Waals surface area contributed by atoms with Gasteiger partial charge in [0.25, 0.3) is 5.91 Å². The molecule has 0 radical (unpaired) electrons. The zero-order chi connectivity index (χ0) is 15.7. The van der Waals surface area contributed by atoms with Crippen molar-refractivity contribution in [2.45, 2.75) is 0 Å². The SMILES string of the molecule is O=C(Nc1cc(Cl)ccc1Cl)c1cc(=O)c2ccccc2o1. The minimum Gasteiger partial charge on any atom is -0.451 e. The number of carbonyl (C=O) groups excluding carboxylic acids is 1. The molecule has 110 valence electrons. The second-order valence-corrected chi connectivity index (χ2v) is 5.39. The van der Waals surface area contributed by atoms with Gasteiger partial charge in [0.2, 0.25) is 0 Å². The summed E-state index contributed by atoms with van der Waals surface area (Å²) in [6, 6.07) is 12.5. The average molecular weight is 334 g/mol. The Bertz CT molecular complexity index is 934. The Morgan fingerprint density at radius 3 is 2.64 bits per heavy atom. The molecule has 3 aromatic rings. The van der Waals surface area contributed by atoms with Crippen LogP contribution in [0.25, 0.3) is 11.0 Å². The molecule has 0 fully saturated rings. The molecule has 6 heteroatoms. The molecule has 1 amide bonds. The van der Waals surface area contributed by atoms with E-state index in [1.165, 1.54) is 6.07 Å². The van der Waals surface area contributed by atoms with Gasteiger partial charge in [0.05, 0.1) is 16.1 Å². The first-order chi connectivity index (χ1) is 10.5. The van der Waals surface area contributed by atoms with Crippen molar-refractivity contribution < 1.29 is 9.21 Å². The number of carbonyl (C=O) groups is 1. The fourth-order valence-corrected chi connectivity index (χ4v) is 2.33. The van der Waals surface area contributed by atoms with E-state index in [9.17, 15) is 9.59 Å². The molecular formula is C16H9Cl2NO3. The van der Waals surface area contributed by atoms with E-state index >= 15 is 0 Å². The highest BCUT2D eigenvalue weighted by Crippen LogP contribution is 2.26. The van der Waals surface area contributed by atoms with E-state index in [1.807, 2.05) is 0 Å². The summed E-state index contributed by atoms with van der Waals surface area (Å²) in [4.78, 5) is 24.2. The monoisotopic (exact) mass is 333 g/mol. The highest BCUT2D eigenvalue weighted by atomic mass is 35.5. The lowest BCUT2D eigenvalue weighted by molar-refractivity contribution is 0.0997. The molecule has 4 nitrogen and oxygen atoms in total. The number of halogens is 2. The smallest absolute Gasteiger partial charge is 0.291 e. The number of rotatable bonds is 2. The molecule has 0 saturated heterocycles. The number of amides is 1. The second-order valence-electron chi connectivity index (χ2n) is 4.55. The van der Waals surface area contributed by atoms with Gasteiger partial charge in [-0.2, -0.15) is 0 Å². The van der Waals surface area contributed by atoms with E-state index in [1.54, 1.807) is 36.4 Å². The van der Waals surface area contributed by atoms with E-state index in [-0.39, 0.29) is 11.2 Å². The number of hydrogen-bond donors (Lipinski definition) is 1. The van der Waals surface area contributed by atoms with Crippen LogP contribution < -0.4 is 10.7 Å². The summed E-state index contributed by atoms with van der Waals surface area (Å²) >= 11 is 11.9. The van der Waals surface area contributed by atoms with Crippen LogP contribution in [0.2, 0.25) is 10.0 Å². The molecule has 0 saturated carbocycles. The number of anilines is 1. The third-order valence-corrected chi connectivity index (χ3v) is 3.60. The summed E-state index contributed by atoms with van der Waals surface area (Å²) < 4.78 is 5.46. The zero-order valence-electron chi connectivity index (χ0n) is 11.1. The Kier molecular flexibility index (Phi) is 3.88. The fraction of sp³-hybridized carbons (Fsp3) is 0. The van der Waals surface area contributed by atoms with Crippen molar-refractivity contribution >= 4 is 45.8 Å². The van der Waals surface area contributed by atoms with Crippen LogP contribution in [0.4, 0.5) is 5.69 Å². The van der Waals surface area contributed by atoms with Crippen LogP contribution in [0.15, 0.2) is 57.7 Å². The van der Waals surface area contributed by atoms with Gasteiger partial charge in [-0.05, 0) is 30.3 Å². The van der Waals surface area contributed by atoms with E-state index in [0.29, 0.717) is 26.7 Å². The molecule has 1 aromatic heterocycles. The summed E-state index contributed by atoms with van der Waals surface area (Å²) in [7, 11) is 0. The molecule has 3 rings (SSSR count). The van der Waals surface area contributed by atoms with Gasteiger partial charge < -0.3 is 9.73 Å². The first-order valence-electron chi connectivity index (χ1n) is 6.34. The number of para-hydroxylation sites is 1. The van der Waals surface area contributed by atoms with Crippen molar-refractivity contribution in [3.63, 3.8) is 0 Å². The van der Waals surface area contributed by atoms with Gasteiger partial charge in [-0.15, -0.1) is 0 Å². The van der Waals surface area contributed by atoms with Crippen molar-refractivity contribution in [2.75, 3.05) is 5.32 Å². The first-order valence-corrected chi connectivity index (χ1v) is 7.09. The Labute approximate surface area is 135 Å². The number of benzene rings is 2. The van der Waals surface area contributed by atoms with Crippen LogP contribution >= 0.6 is 23.2 Å². The summed E-state index contributed by atoms with van der Waals surface area (Å²) in [5.41, 5.74) is 0.400. The molecule has 0 unspecified atom stereocenters. The lowest BCUT2D eigenvalue weighted by atomic mass is 10.2. The van der Waals surface area contributed by atoms with Crippen LogP contribution in [0.5, 0.6) is 0 Å². The van der Waals surface area contributed by atoms with Gasteiger partial charge in [0.1, 0.15) is 5.58 Å². The van der Waals surface area contributed by atoms with E-state index in [0.717, 1.165) is 6.07 Å². The molecule has 1 heterocycles. The van der Waals surface area contributed by atoms with Crippen LogP contribution in [0.1, 0.15) is 10.6 Å². The highest BCUT2D eigenvalue weighted by molar-refractivity contribution is 6.35. The minimum absolute atomic E-state index is 0.0975. The molecule has 22 heavy (non-hydrogen) atoms.